The summed E-state index contributed by atoms with van der Waals surface area (Å²) >= 11 is 3.44. The molecule has 2 aromatic carbocycles. The van der Waals surface area contributed by atoms with Gasteiger partial charge in [0.05, 0.1) is 0 Å². The molecule has 0 spiro atoms. The van der Waals surface area contributed by atoms with Crippen molar-refractivity contribution >= 4 is 53.9 Å². The molecule has 1 fully saturated rings. The predicted molar refractivity (Wildman–Crippen MR) is 122 cm³/mol. The maximum absolute atomic E-state index is 13.0. The van der Waals surface area contributed by atoms with E-state index in [9.17, 15) is 4.79 Å². The quantitative estimate of drug-likeness (QED) is 0.481. The Labute approximate surface area is 176 Å². The van der Waals surface area contributed by atoms with Crippen molar-refractivity contribution in [3.05, 3.63) is 70.8 Å². The molecule has 1 aliphatic heterocycles. The lowest BCUT2D eigenvalue weighted by Crippen LogP contribution is -2.34. The third-order valence-corrected chi connectivity index (χ3v) is 5.86. The summed E-state index contributed by atoms with van der Waals surface area (Å²) in [5, 5.41) is 0. The number of benzene rings is 2. The third kappa shape index (κ3) is 5.76. The van der Waals surface area contributed by atoms with Crippen molar-refractivity contribution in [3.8, 4) is 0 Å². The van der Waals surface area contributed by atoms with E-state index in [2.05, 4.69) is 73.0 Å². The van der Waals surface area contributed by atoms with Crippen LogP contribution >= 0.6 is 35.9 Å². The number of hydrogen-bond acceptors (Lipinski definition) is 4. The highest BCUT2D eigenvalue weighted by molar-refractivity contribution is 7.98. The number of rotatable bonds is 4. The summed E-state index contributed by atoms with van der Waals surface area (Å²) in [5.41, 5.74) is 3.85. The second kappa shape index (κ2) is 10.2. The third-order valence-electron chi connectivity index (χ3n) is 4.38. The molecule has 2 aromatic rings. The molecule has 0 radical (unpaired) electrons. The number of carbonyl (C=O) groups excluding carboxylic acids is 1. The molecule has 1 saturated heterocycles. The van der Waals surface area contributed by atoms with E-state index in [1.807, 2.05) is 12.2 Å². The van der Waals surface area contributed by atoms with Gasteiger partial charge in [0.25, 0.3) is 0 Å². The average molecular weight is 418 g/mol. The molecule has 0 atom stereocenters. The second-order valence-corrected chi connectivity index (χ2v) is 8.15. The number of likely N-dealkylation sites (tertiary alicyclic amines) is 1. The van der Waals surface area contributed by atoms with E-state index in [0.29, 0.717) is 13.1 Å². The maximum atomic E-state index is 13.0. The van der Waals surface area contributed by atoms with E-state index in [0.717, 1.165) is 22.3 Å². The van der Waals surface area contributed by atoms with E-state index in [1.54, 1.807) is 23.5 Å². The van der Waals surface area contributed by atoms with Crippen LogP contribution in [0, 0.1) is 0 Å². The molecule has 1 heterocycles. The number of halogens is 1. The van der Waals surface area contributed by atoms with E-state index in [4.69, 9.17) is 0 Å². The number of nitrogens with zero attached hydrogens (tertiary/aromatic N) is 1. The average Bonchev–Trinajstić information content (AvgIpc) is 2.66. The van der Waals surface area contributed by atoms with Gasteiger partial charge in [0.15, 0.2) is 5.78 Å². The van der Waals surface area contributed by atoms with Gasteiger partial charge in [-0.3, -0.25) is 9.69 Å². The van der Waals surface area contributed by atoms with Crippen LogP contribution < -0.4 is 0 Å². The summed E-state index contributed by atoms with van der Waals surface area (Å²) < 4.78 is 0. The Kier molecular flexibility index (Phi) is 8.24. The lowest BCUT2D eigenvalue weighted by Gasteiger charge is -2.26. The monoisotopic (exact) mass is 417 g/mol. The van der Waals surface area contributed by atoms with Crippen LogP contribution in [-0.4, -0.2) is 43.3 Å². The SMILES string of the molecule is CSc1ccc(/C=C2/CN(C)C/C(=C\c3ccc(SC)cc3)C2=O)cc1.Cl. The first-order chi connectivity index (χ1) is 12.6. The first kappa shape index (κ1) is 21.8. The van der Waals surface area contributed by atoms with Crippen LogP contribution in [0.15, 0.2) is 69.5 Å². The number of hydrogen-bond donors (Lipinski definition) is 0. The van der Waals surface area contributed by atoms with Crippen molar-refractivity contribution in [1.82, 2.24) is 4.90 Å². The van der Waals surface area contributed by atoms with Gasteiger partial charge in [-0.25, -0.2) is 0 Å². The molecule has 27 heavy (non-hydrogen) atoms. The second-order valence-electron chi connectivity index (χ2n) is 6.39. The van der Waals surface area contributed by atoms with E-state index in [-0.39, 0.29) is 18.2 Å². The summed E-state index contributed by atoms with van der Waals surface area (Å²) in [6.45, 7) is 1.37. The number of Topliss-reactive ketones (excluding diaryl/α,β-unsaturated/α-hetero) is 1. The summed E-state index contributed by atoms with van der Waals surface area (Å²) in [5.74, 6) is 0.158. The Balaban J connectivity index is 0.00000261. The van der Waals surface area contributed by atoms with Gasteiger partial charge in [-0.05, 0) is 67.1 Å². The zero-order valence-corrected chi connectivity index (χ0v) is 18.2. The number of piperidine rings is 1. The van der Waals surface area contributed by atoms with Crippen LogP contribution in [0.5, 0.6) is 0 Å². The molecule has 1 aliphatic rings. The number of likely N-dealkylation sites (N-methyl/N-ethyl adjacent to an activating group) is 1. The van der Waals surface area contributed by atoms with Crippen LogP contribution in [0.1, 0.15) is 11.1 Å². The first-order valence-electron chi connectivity index (χ1n) is 8.51. The Morgan fingerprint density at radius 3 is 1.48 bits per heavy atom. The first-order valence-corrected chi connectivity index (χ1v) is 11.0. The smallest absolute Gasteiger partial charge is 0.187 e. The predicted octanol–water partition coefficient (Wildman–Crippen LogP) is 5.53. The Bertz CT molecular complexity index is 772. The highest BCUT2D eigenvalue weighted by Gasteiger charge is 2.23. The lowest BCUT2D eigenvalue weighted by molar-refractivity contribution is -0.113. The van der Waals surface area contributed by atoms with Gasteiger partial charge in [0.2, 0.25) is 0 Å². The van der Waals surface area contributed by atoms with Crippen molar-refractivity contribution in [1.29, 1.82) is 0 Å². The van der Waals surface area contributed by atoms with E-state index >= 15 is 0 Å². The molecule has 0 bridgehead atoms. The van der Waals surface area contributed by atoms with Crippen LogP contribution in [0.25, 0.3) is 12.2 Å². The lowest BCUT2D eigenvalue weighted by atomic mass is 9.94. The number of ketones is 1. The van der Waals surface area contributed by atoms with E-state index in [1.165, 1.54) is 9.79 Å². The maximum Gasteiger partial charge on any atom is 0.187 e. The standard InChI is InChI=1S/C22H23NOS2.ClH/c1-23-14-18(12-16-4-8-20(25-2)9-5-16)22(24)19(15-23)13-17-6-10-21(26-3)11-7-17;/h4-13H,14-15H2,1-3H3;1H/b18-12-,19-13+;. The van der Waals surface area contributed by atoms with Crippen LogP contribution in [0.4, 0.5) is 0 Å². The van der Waals surface area contributed by atoms with Crippen molar-refractivity contribution < 1.29 is 4.79 Å². The fourth-order valence-electron chi connectivity index (χ4n) is 3.01. The summed E-state index contributed by atoms with van der Waals surface area (Å²) in [6.07, 6.45) is 8.17. The minimum absolute atomic E-state index is 0. The van der Waals surface area contributed by atoms with Crippen molar-refractivity contribution in [2.45, 2.75) is 9.79 Å². The Morgan fingerprint density at radius 2 is 1.15 bits per heavy atom. The van der Waals surface area contributed by atoms with Crippen LogP contribution in [0.2, 0.25) is 0 Å². The van der Waals surface area contributed by atoms with Crippen LogP contribution in [-0.2, 0) is 4.79 Å². The molecule has 0 saturated carbocycles. The number of thioether (sulfide) groups is 2. The molecule has 3 rings (SSSR count). The normalized spacial score (nSPS) is 18.0. The van der Waals surface area contributed by atoms with Gasteiger partial charge < -0.3 is 0 Å². The molecule has 0 N–H and O–H groups in total. The zero-order chi connectivity index (χ0) is 18.5. The molecule has 0 aliphatic carbocycles. The van der Waals surface area contributed by atoms with Gasteiger partial charge in [-0.15, -0.1) is 35.9 Å². The Hall–Kier alpha value is -1.46. The van der Waals surface area contributed by atoms with Crippen LogP contribution in [0.3, 0.4) is 0 Å². The van der Waals surface area contributed by atoms with Gasteiger partial charge in [0, 0.05) is 34.0 Å². The van der Waals surface area contributed by atoms with Crippen molar-refractivity contribution in [3.63, 3.8) is 0 Å². The minimum Gasteiger partial charge on any atom is -0.298 e. The van der Waals surface area contributed by atoms with Gasteiger partial charge >= 0.3 is 0 Å². The summed E-state index contributed by atoms with van der Waals surface area (Å²) in [4.78, 5) is 17.6. The van der Waals surface area contributed by atoms with Crippen molar-refractivity contribution in [2.24, 2.45) is 0 Å². The molecule has 0 aromatic heterocycles. The largest absolute Gasteiger partial charge is 0.298 e. The molecular formula is C22H24ClNOS2. The highest BCUT2D eigenvalue weighted by Crippen LogP contribution is 2.23. The molecule has 142 valence electrons. The fraction of sp³-hybridized carbons (Fsp3) is 0.227. The van der Waals surface area contributed by atoms with Gasteiger partial charge in [0.1, 0.15) is 0 Å². The van der Waals surface area contributed by atoms with Crippen molar-refractivity contribution in [2.75, 3.05) is 32.6 Å². The fourth-order valence-corrected chi connectivity index (χ4v) is 3.83. The number of carbonyl (C=O) groups is 1. The molecule has 2 nitrogen and oxygen atoms in total. The summed E-state index contributed by atoms with van der Waals surface area (Å²) in [7, 11) is 2.06. The molecular weight excluding hydrogens is 394 g/mol. The molecule has 0 unspecified atom stereocenters. The highest BCUT2D eigenvalue weighted by atomic mass is 35.5. The van der Waals surface area contributed by atoms with Gasteiger partial charge in [-0.1, -0.05) is 24.3 Å². The zero-order valence-electron chi connectivity index (χ0n) is 15.8. The Morgan fingerprint density at radius 1 is 0.778 bits per heavy atom. The summed E-state index contributed by atoms with van der Waals surface area (Å²) in [6, 6.07) is 16.7. The molecule has 0 amide bonds. The van der Waals surface area contributed by atoms with Gasteiger partial charge in [-0.2, -0.15) is 0 Å². The molecule has 5 heteroatoms. The topological polar surface area (TPSA) is 20.3 Å². The minimum atomic E-state index is 0. The van der Waals surface area contributed by atoms with E-state index < -0.39 is 0 Å².